The number of aliphatic imine (C=N–C) groups is 1. The molecule has 144 valence electrons. The van der Waals surface area contributed by atoms with Crippen molar-refractivity contribution in [2.75, 3.05) is 25.0 Å². The first-order valence-corrected chi connectivity index (χ1v) is 10.1. The summed E-state index contributed by atoms with van der Waals surface area (Å²) < 4.78 is 0. The lowest BCUT2D eigenvalue weighted by Crippen LogP contribution is -2.37. The van der Waals surface area contributed by atoms with Crippen LogP contribution < -0.4 is 15.5 Å². The predicted molar refractivity (Wildman–Crippen MR) is 112 cm³/mol. The fourth-order valence-electron chi connectivity index (χ4n) is 3.06. The standard InChI is InChI=1S/C20H27N5OS/c1-14-15(2)27-18(24-14)10-11-22-20(21-3)23-13-16-6-8-17(9-7-16)25-12-4-5-19(25)26/h6-9H,4-5,10-13H2,1-3H3,(H2,21,22,23). The van der Waals surface area contributed by atoms with Crippen LogP contribution in [0.1, 0.15) is 34.0 Å². The van der Waals surface area contributed by atoms with Gasteiger partial charge in [0.25, 0.3) is 0 Å². The van der Waals surface area contributed by atoms with Crippen LogP contribution in [0, 0.1) is 13.8 Å². The maximum atomic E-state index is 11.8. The molecule has 2 heterocycles. The molecule has 0 spiro atoms. The van der Waals surface area contributed by atoms with Crippen LogP contribution in [0.5, 0.6) is 0 Å². The highest BCUT2D eigenvalue weighted by Crippen LogP contribution is 2.21. The van der Waals surface area contributed by atoms with Crippen molar-refractivity contribution in [3.05, 3.63) is 45.4 Å². The number of carbonyl (C=O) groups is 1. The summed E-state index contributed by atoms with van der Waals surface area (Å²) in [5.74, 6) is 0.995. The number of aromatic nitrogens is 1. The van der Waals surface area contributed by atoms with Crippen molar-refractivity contribution in [1.82, 2.24) is 15.6 Å². The molecule has 7 heteroatoms. The zero-order valence-electron chi connectivity index (χ0n) is 16.2. The number of aryl methyl sites for hydroxylation is 2. The van der Waals surface area contributed by atoms with Gasteiger partial charge in [-0.25, -0.2) is 4.98 Å². The molecule has 0 bridgehead atoms. The second kappa shape index (κ2) is 8.99. The zero-order valence-corrected chi connectivity index (χ0v) is 17.0. The number of carbonyl (C=O) groups excluding carboxylic acids is 1. The van der Waals surface area contributed by atoms with Gasteiger partial charge in [-0.2, -0.15) is 0 Å². The lowest BCUT2D eigenvalue weighted by molar-refractivity contribution is -0.117. The maximum Gasteiger partial charge on any atom is 0.227 e. The Bertz CT molecular complexity index is 793. The van der Waals surface area contributed by atoms with Gasteiger partial charge < -0.3 is 15.5 Å². The predicted octanol–water partition coefficient (Wildman–Crippen LogP) is 2.79. The Morgan fingerprint density at radius 2 is 2.04 bits per heavy atom. The number of anilines is 1. The van der Waals surface area contributed by atoms with Crippen molar-refractivity contribution in [2.24, 2.45) is 4.99 Å². The van der Waals surface area contributed by atoms with E-state index in [4.69, 9.17) is 0 Å². The average molecular weight is 386 g/mol. The Labute approximate surface area is 164 Å². The van der Waals surface area contributed by atoms with E-state index in [1.807, 2.05) is 24.0 Å². The fraction of sp³-hybridized carbons (Fsp3) is 0.450. The number of guanidine groups is 1. The van der Waals surface area contributed by atoms with E-state index in [9.17, 15) is 4.79 Å². The fourth-order valence-corrected chi connectivity index (χ4v) is 3.99. The molecule has 3 rings (SSSR count). The Balaban J connectivity index is 1.45. The molecule has 1 saturated heterocycles. The molecule has 27 heavy (non-hydrogen) atoms. The van der Waals surface area contributed by atoms with Crippen molar-refractivity contribution in [2.45, 2.75) is 39.7 Å². The zero-order chi connectivity index (χ0) is 19.2. The third-order valence-electron chi connectivity index (χ3n) is 4.71. The van der Waals surface area contributed by atoms with Crippen LogP contribution in [-0.4, -0.2) is 37.0 Å². The smallest absolute Gasteiger partial charge is 0.227 e. The molecule has 2 aromatic rings. The number of nitrogens with zero attached hydrogens (tertiary/aromatic N) is 3. The van der Waals surface area contributed by atoms with Gasteiger partial charge in [-0.05, 0) is 38.0 Å². The molecule has 0 radical (unpaired) electrons. The van der Waals surface area contributed by atoms with Crippen molar-refractivity contribution in [3.8, 4) is 0 Å². The van der Waals surface area contributed by atoms with Gasteiger partial charge >= 0.3 is 0 Å². The molecule has 1 fully saturated rings. The molecule has 0 saturated carbocycles. The summed E-state index contributed by atoms with van der Waals surface area (Å²) in [6.45, 7) is 6.46. The molecule has 0 atom stereocenters. The van der Waals surface area contributed by atoms with E-state index in [-0.39, 0.29) is 5.91 Å². The Hall–Kier alpha value is -2.41. The van der Waals surface area contributed by atoms with E-state index in [0.717, 1.165) is 53.8 Å². The molecule has 1 aromatic carbocycles. The summed E-state index contributed by atoms with van der Waals surface area (Å²) in [5, 5.41) is 7.81. The van der Waals surface area contributed by atoms with Gasteiger partial charge in [-0.1, -0.05) is 12.1 Å². The highest BCUT2D eigenvalue weighted by atomic mass is 32.1. The third-order valence-corrected chi connectivity index (χ3v) is 5.84. The van der Waals surface area contributed by atoms with Gasteiger partial charge in [-0.15, -0.1) is 11.3 Å². The summed E-state index contributed by atoms with van der Waals surface area (Å²) in [6.07, 6.45) is 2.49. The molecular weight excluding hydrogens is 358 g/mol. The number of hydrogen-bond acceptors (Lipinski definition) is 4. The molecule has 1 aliphatic heterocycles. The van der Waals surface area contributed by atoms with Crippen LogP contribution in [-0.2, 0) is 17.8 Å². The van der Waals surface area contributed by atoms with Gasteiger partial charge in [0.05, 0.1) is 10.7 Å². The van der Waals surface area contributed by atoms with Crippen molar-refractivity contribution < 1.29 is 4.79 Å². The minimum atomic E-state index is 0.219. The first-order chi connectivity index (χ1) is 13.1. The lowest BCUT2D eigenvalue weighted by Gasteiger charge is -2.16. The van der Waals surface area contributed by atoms with Crippen LogP contribution in [0.4, 0.5) is 5.69 Å². The summed E-state index contributed by atoms with van der Waals surface area (Å²) in [5.41, 5.74) is 3.26. The van der Waals surface area contributed by atoms with E-state index >= 15 is 0 Å². The van der Waals surface area contributed by atoms with E-state index in [0.29, 0.717) is 13.0 Å². The summed E-state index contributed by atoms with van der Waals surface area (Å²) in [4.78, 5) is 23.8. The first kappa shape index (κ1) is 19.4. The number of nitrogens with one attached hydrogen (secondary N) is 2. The Morgan fingerprint density at radius 1 is 1.26 bits per heavy atom. The molecule has 1 aromatic heterocycles. The van der Waals surface area contributed by atoms with Crippen LogP contribution >= 0.6 is 11.3 Å². The molecular formula is C20H27N5OS. The van der Waals surface area contributed by atoms with Gasteiger partial charge in [0, 0.05) is 50.1 Å². The number of hydrogen-bond donors (Lipinski definition) is 2. The molecule has 1 amide bonds. The van der Waals surface area contributed by atoms with Gasteiger partial charge in [0.1, 0.15) is 0 Å². The number of amides is 1. The van der Waals surface area contributed by atoms with Crippen LogP contribution in [0.25, 0.3) is 0 Å². The van der Waals surface area contributed by atoms with E-state index < -0.39 is 0 Å². The highest BCUT2D eigenvalue weighted by molar-refractivity contribution is 7.11. The first-order valence-electron chi connectivity index (χ1n) is 9.33. The molecule has 0 aliphatic carbocycles. The van der Waals surface area contributed by atoms with Gasteiger partial charge in [-0.3, -0.25) is 9.79 Å². The monoisotopic (exact) mass is 385 g/mol. The number of rotatable bonds is 6. The SMILES string of the molecule is CN=C(NCCc1nc(C)c(C)s1)NCc1ccc(N2CCCC2=O)cc1. The Morgan fingerprint density at radius 3 is 2.63 bits per heavy atom. The van der Waals surface area contributed by atoms with Gasteiger partial charge in [0.2, 0.25) is 5.91 Å². The molecule has 2 N–H and O–H groups in total. The van der Waals surface area contributed by atoms with Crippen LogP contribution in [0.3, 0.4) is 0 Å². The van der Waals surface area contributed by atoms with E-state index in [1.54, 1.807) is 18.4 Å². The molecule has 1 aliphatic rings. The van der Waals surface area contributed by atoms with Gasteiger partial charge in [0.15, 0.2) is 5.96 Å². The molecule has 6 nitrogen and oxygen atoms in total. The summed E-state index contributed by atoms with van der Waals surface area (Å²) in [6, 6.07) is 8.15. The van der Waals surface area contributed by atoms with Crippen LogP contribution in [0.2, 0.25) is 0 Å². The van der Waals surface area contributed by atoms with Crippen molar-refractivity contribution >= 4 is 28.9 Å². The number of benzene rings is 1. The highest BCUT2D eigenvalue weighted by Gasteiger charge is 2.21. The number of thiazole rings is 1. The maximum absolute atomic E-state index is 11.8. The molecule has 0 unspecified atom stereocenters. The largest absolute Gasteiger partial charge is 0.356 e. The normalized spacial score (nSPS) is 14.7. The van der Waals surface area contributed by atoms with E-state index in [1.165, 1.54) is 4.88 Å². The topological polar surface area (TPSA) is 69.6 Å². The van der Waals surface area contributed by atoms with Crippen LogP contribution in [0.15, 0.2) is 29.3 Å². The summed E-state index contributed by atoms with van der Waals surface area (Å²) in [7, 11) is 1.77. The quantitative estimate of drug-likeness (QED) is 0.593. The second-order valence-corrected chi connectivity index (χ2v) is 7.95. The Kier molecular flexibility index (Phi) is 6.45. The van der Waals surface area contributed by atoms with Crippen molar-refractivity contribution in [3.63, 3.8) is 0 Å². The second-order valence-electron chi connectivity index (χ2n) is 6.67. The van der Waals surface area contributed by atoms with E-state index in [2.05, 4.69) is 39.7 Å². The minimum absolute atomic E-state index is 0.219. The summed E-state index contributed by atoms with van der Waals surface area (Å²) >= 11 is 1.76. The third kappa shape index (κ3) is 5.07. The van der Waals surface area contributed by atoms with Crippen molar-refractivity contribution in [1.29, 1.82) is 0 Å². The lowest BCUT2D eigenvalue weighted by atomic mass is 10.2. The minimum Gasteiger partial charge on any atom is -0.356 e. The average Bonchev–Trinajstić information content (AvgIpc) is 3.23.